The maximum atomic E-state index is 12.3. The number of rotatable bonds is 3. The molecule has 21 heavy (non-hydrogen) atoms. The zero-order valence-electron chi connectivity index (χ0n) is 12.4. The van der Waals surface area contributed by atoms with Gasteiger partial charge in [-0.3, -0.25) is 4.79 Å². The van der Waals surface area contributed by atoms with Gasteiger partial charge in [0.1, 0.15) is 11.2 Å². The van der Waals surface area contributed by atoms with E-state index in [1.54, 1.807) is 5.38 Å². The van der Waals surface area contributed by atoms with Crippen LogP contribution >= 0.6 is 11.3 Å². The van der Waals surface area contributed by atoms with Gasteiger partial charge in [0.05, 0.1) is 5.01 Å². The Morgan fingerprint density at radius 1 is 1.38 bits per heavy atom. The maximum Gasteiger partial charge on any atom is 0.329 e. The van der Waals surface area contributed by atoms with E-state index < -0.39 is 17.4 Å². The largest absolute Gasteiger partial charge is 0.480 e. The second kappa shape index (κ2) is 5.73. The molecule has 1 saturated heterocycles. The first kappa shape index (κ1) is 15.9. The van der Waals surface area contributed by atoms with Crippen molar-refractivity contribution in [2.45, 2.75) is 44.6 Å². The first-order chi connectivity index (χ1) is 9.74. The van der Waals surface area contributed by atoms with Gasteiger partial charge in [-0.05, 0) is 0 Å². The number of aliphatic carboxylic acids is 1. The molecular weight excluding hydrogens is 292 g/mol. The number of carbonyl (C=O) groups excluding carboxylic acids is 1. The number of thiazole rings is 1. The van der Waals surface area contributed by atoms with Gasteiger partial charge in [-0.1, -0.05) is 20.8 Å². The molecule has 0 bridgehead atoms. The first-order valence-corrected chi connectivity index (χ1v) is 7.72. The number of hydrogen-bond donors (Lipinski definition) is 2. The van der Waals surface area contributed by atoms with Gasteiger partial charge in [-0.2, -0.15) is 0 Å². The lowest BCUT2D eigenvalue weighted by Gasteiger charge is -2.33. The Morgan fingerprint density at radius 2 is 2.00 bits per heavy atom. The van der Waals surface area contributed by atoms with E-state index in [1.807, 2.05) is 20.8 Å². The van der Waals surface area contributed by atoms with E-state index in [9.17, 15) is 14.7 Å². The van der Waals surface area contributed by atoms with Crippen molar-refractivity contribution in [3.8, 4) is 0 Å². The summed E-state index contributed by atoms with van der Waals surface area (Å²) in [6, 6.07) is 0. The molecule has 1 fully saturated rings. The van der Waals surface area contributed by atoms with Crippen LogP contribution in [0.2, 0.25) is 0 Å². The molecule has 1 aliphatic rings. The zero-order chi connectivity index (χ0) is 15.7. The van der Waals surface area contributed by atoms with E-state index in [1.165, 1.54) is 11.3 Å². The molecule has 2 heterocycles. The van der Waals surface area contributed by atoms with Gasteiger partial charge in [0, 0.05) is 36.9 Å². The van der Waals surface area contributed by atoms with Crippen molar-refractivity contribution in [1.82, 2.24) is 10.3 Å². The number of amides is 1. The Labute approximate surface area is 127 Å². The van der Waals surface area contributed by atoms with E-state index in [2.05, 4.69) is 10.3 Å². The summed E-state index contributed by atoms with van der Waals surface area (Å²) < 4.78 is 5.18. The van der Waals surface area contributed by atoms with Gasteiger partial charge in [-0.25, -0.2) is 9.78 Å². The normalized spacial score (nSPS) is 18.2. The third kappa shape index (κ3) is 3.41. The Balaban J connectivity index is 2.16. The summed E-state index contributed by atoms with van der Waals surface area (Å²) in [7, 11) is 0. The van der Waals surface area contributed by atoms with Crippen LogP contribution in [0.5, 0.6) is 0 Å². The smallest absolute Gasteiger partial charge is 0.329 e. The molecule has 0 saturated carbocycles. The van der Waals surface area contributed by atoms with Crippen LogP contribution in [0.15, 0.2) is 5.38 Å². The molecule has 1 aliphatic heterocycles. The van der Waals surface area contributed by atoms with E-state index in [0.717, 1.165) is 5.01 Å². The first-order valence-electron chi connectivity index (χ1n) is 6.84. The highest BCUT2D eigenvalue weighted by atomic mass is 32.1. The molecule has 6 nitrogen and oxygen atoms in total. The average Bonchev–Trinajstić information content (AvgIpc) is 2.89. The molecule has 1 amide bonds. The number of hydrogen-bond acceptors (Lipinski definition) is 5. The molecule has 0 aliphatic carbocycles. The van der Waals surface area contributed by atoms with E-state index in [4.69, 9.17) is 4.74 Å². The fraction of sp³-hybridized carbons (Fsp3) is 0.643. The second-order valence-electron chi connectivity index (χ2n) is 6.24. The highest BCUT2D eigenvalue weighted by Gasteiger charge is 2.42. The Morgan fingerprint density at radius 3 is 2.48 bits per heavy atom. The zero-order valence-corrected chi connectivity index (χ0v) is 13.2. The van der Waals surface area contributed by atoms with Crippen LogP contribution in [0.3, 0.4) is 0 Å². The van der Waals surface area contributed by atoms with Crippen molar-refractivity contribution >= 4 is 23.2 Å². The Hall–Kier alpha value is -1.47. The monoisotopic (exact) mass is 312 g/mol. The molecule has 0 atom stereocenters. The standard InChI is InChI=1S/C14H20N2O4S/c1-13(2,3)11-15-9(8-21-11)10(17)16-14(12(18)19)4-6-20-7-5-14/h8H,4-7H2,1-3H3,(H,16,17)(H,18,19). The van der Waals surface area contributed by atoms with Crippen LogP contribution < -0.4 is 5.32 Å². The van der Waals surface area contributed by atoms with Crippen LogP contribution in [-0.2, 0) is 14.9 Å². The summed E-state index contributed by atoms with van der Waals surface area (Å²) in [5.41, 5.74) is -1.11. The minimum Gasteiger partial charge on any atom is -0.480 e. The van der Waals surface area contributed by atoms with Gasteiger partial charge in [0.15, 0.2) is 0 Å². The summed E-state index contributed by atoms with van der Waals surface area (Å²) in [5.74, 6) is -1.46. The maximum absolute atomic E-state index is 12.3. The van der Waals surface area contributed by atoms with Crippen molar-refractivity contribution in [3.63, 3.8) is 0 Å². The number of carboxylic acids is 1. The van der Waals surface area contributed by atoms with E-state index in [0.29, 0.717) is 13.2 Å². The van der Waals surface area contributed by atoms with Gasteiger partial charge >= 0.3 is 5.97 Å². The lowest BCUT2D eigenvalue weighted by atomic mass is 9.90. The van der Waals surface area contributed by atoms with Gasteiger partial charge in [0.2, 0.25) is 0 Å². The van der Waals surface area contributed by atoms with Crippen molar-refractivity contribution in [2.24, 2.45) is 0 Å². The molecule has 0 radical (unpaired) electrons. The van der Waals surface area contributed by atoms with Crippen molar-refractivity contribution < 1.29 is 19.4 Å². The molecule has 116 valence electrons. The number of nitrogens with zero attached hydrogens (tertiary/aromatic N) is 1. The van der Waals surface area contributed by atoms with E-state index >= 15 is 0 Å². The topological polar surface area (TPSA) is 88.5 Å². The minimum absolute atomic E-state index is 0.133. The Kier molecular flexibility index (Phi) is 4.34. The second-order valence-corrected chi connectivity index (χ2v) is 7.10. The van der Waals surface area contributed by atoms with Gasteiger partial charge < -0.3 is 15.2 Å². The van der Waals surface area contributed by atoms with Crippen LogP contribution in [0, 0.1) is 0 Å². The lowest BCUT2D eigenvalue weighted by molar-refractivity contribution is -0.148. The van der Waals surface area contributed by atoms with Crippen molar-refractivity contribution in [3.05, 3.63) is 16.1 Å². The number of ether oxygens (including phenoxy) is 1. The summed E-state index contributed by atoms with van der Waals surface area (Å²) in [4.78, 5) is 28.1. The fourth-order valence-corrected chi connectivity index (χ4v) is 3.00. The molecule has 1 aromatic heterocycles. The number of aromatic nitrogens is 1. The summed E-state index contributed by atoms with van der Waals surface area (Å²) >= 11 is 1.41. The molecule has 2 rings (SSSR count). The Bertz CT molecular complexity index is 541. The fourth-order valence-electron chi connectivity index (χ4n) is 2.12. The molecule has 1 aromatic rings. The summed E-state index contributed by atoms with van der Waals surface area (Å²) in [6.45, 7) is 6.72. The molecule has 0 aromatic carbocycles. The lowest BCUT2D eigenvalue weighted by Crippen LogP contribution is -2.57. The molecule has 2 N–H and O–H groups in total. The van der Waals surface area contributed by atoms with Crippen LogP contribution in [-0.4, -0.2) is 40.7 Å². The number of carboxylic acid groups (broad SMARTS) is 1. The quantitative estimate of drug-likeness (QED) is 0.888. The summed E-state index contributed by atoms with van der Waals surface area (Å²) in [5, 5.41) is 14.6. The van der Waals surface area contributed by atoms with Crippen LogP contribution in [0.25, 0.3) is 0 Å². The molecule has 0 unspecified atom stereocenters. The molecule has 7 heteroatoms. The highest BCUT2D eigenvalue weighted by Crippen LogP contribution is 2.26. The average molecular weight is 312 g/mol. The predicted octanol–water partition coefficient (Wildman–Crippen LogP) is 1.80. The van der Waals surface area contributed by atoms with E-state index in [-0.39, 0.29) is 24.0 Å². The van der Waals surface area contributed by atoms with Crippen molar-refractivity contribution in [1.29, 1.82) is 0 Å². The minimum atomic E-state index is -1.25. The van der Waals surface area contributed by atoms with Crippen LogP contribution in [0.4, 0.5) is 0 Å². The number of nitrogens with one attached hydrogen (secondary N) is 1. The third-order valence-electron chi connectivity index (χ3n) is 3.49. The summed E-state index contributed by atoms with van der Waals surface area (Å²) in [6.07, 6.45) is 0.536. The van der Waals surface area contributed by atoms with Gasteiger partial charge in [-0.15, -0.1) is 11.3 Å². The van der Waals surface area contributed by atoms with Crippen LogP contribution in [0.1, 0.15) is 49.1 Å². The molecular formula is C14H20N2O4S. The SMILES string of the molecule is CC(C)(C)c1nc(C(=O)NC2(C(=O)O)CCOCC2)cs1. The van der Waals surface area contributed by atoms with Crippen molar-refractivity contribution in [2.75, 3.05) is 13.2 Å². The predicted molar refractivity (Wildman–Crippen MR) is 78.7 cm³/mol. The highest BCUT2D eigenvalue weighted by molar-refractivity contribution is 7.10. The molecule has 0 spiro atoms. The number of carbonyl (C=O) groups is 2. The van der Waals surface area contributed by atoms with Gasteiger partial charge in [0.25, 0.3) is 5.91 Å². The third-order valence-corrected chi connectivity index (χ3v) is 4.75.